The topological polar surface area (TPSA) is 58.2 Å². The van der Waals surface area contributed by atoms with Gasteiger partial charge in [-0.25, -0.2) is 13.2 Å². The third-order valence-electron chi connectivity index (χ3n) is 3.52. The van der Waals surface area contributed by atoms with Crippen LogP contribution in [0.2, 0.25) is 0 Å². The number of carbonyl (C=O) groups excluding carboxylic acids is 2. The molecule has 0 heterocycles. The van der Waals surface area contributed by atoms with Crippen molar-refractivity contribution in [3.8, 4) is 0 Å². The van der Waals surface area contributed by atoms with Gasteiger partial charge in [-0.3, -0.25) is 9.59 Å². The van der Waals surface area contributed by atoms with Crippen molar-refractivity contribution in [2.45, 2.75) is 19.9 Å². The van der Waals surface area contributed by atoms with Crippen LogP contribution in [0.4, 0.5) is 18.9 Å². The summed E-state index contributed by atoms with van der Waals surface area (Å²) in [7, 11) is 0. The molecule has 132 valence electrons. The Labute approximate surface area is 143 Å². The maximum atomic E-state index is 13.7. The molecule has 4 nitrogen and oxygen atoms in total. The Morgan fingerprint density at radius 3 is 2.12 bits per heavy atom. The normalized spacial score (nSPS) is 11.9. The lowest BCUT2D eigenvalue weighted by Gasteiger charge is -2.22. The Morgan fingerprint density at radius 1 is 0.960 bits per heavy atom. The smallest absolute Gasteiger partial charge is 0.257 e. The molecule has 25 heavy (non-hydrogen) atoms. The fourth-order valence-corrected chi connectivity index (χ4v) is 2.25. The number of rotatable bonds is 5. The van der Waals surface area contributed by atoms with Crippen LogP contribution in [0.25, 0.3) is 0 Å². The predicted molar refractivity (Wildman–Crippen MR) is 87.5 cm³/mol. The Balaban J connectivity index is 2.18. The first-order valence-electron chi connectivity index (χ1n) is 7.61. The van der Waals surface area contributed by atoms with Crippen LogP contribution in [0.5, 0.6) is 0 Å². The van der Waals surface area contributed by atoms with Gasteiger partial charge in [-0.15, -0.1) is 0 Å². The zero-order valence-electron chi connectivity index (χ0n) is 13.6. The molecule has 7 heteroatoms. The minimum Gasteiger partial charge on any atom is -0.340 e. The SMILES string of the molecule is CC(C)C(NC(=O)c1c(F)cccc1F)C(=O)Nc1cccc(F)c1. The average Bonchev–Trinajstić information content (AvgIpc) is 2.52. The summed E-state index contributed by atoms with van der Waals surface area (Å²) in [5.74, 6) is -4.60. The van der Waals surface area contributed by atoms with Crippen LogP contribution in [0, 0.1) is 23.4 Å². The third-order valence-corrected chi connectivity index (χ3v) is 3.52. The van der Waals surface area contributed by atoms with E-state index in [4.69, 9.17) is 0 Å². The molecule has 0 saturated carbocycles. The Morgan fingerprint density at radius 2 is 1.56 bits per heavy atom. The Bertz CT molecular complexity index is 773. The van der Waals surface area contributed by atoms with E-state index in [0.717, 1.165) is 24.3 Å². The lowest BCUT2D eigenvalue weighted by Crippen LogP contribution is -2.47. The summed E-state index contributed by atoms with van der Waals surface area (Å²) in [5, 5.41) is 4.79. The molecule has 2 N–H and O–H groups in total. The molecule has 0 aliphatic heterocycles. The summed E-state index contributed by atoms with van der Waals surface area (Å²) in [4.78, 5) is 24.5. The van der Waals surface area contributed by atoms with Crippen molar-refractivity contribution >= 4 is 17.5 Å². The molecule has 0 aromatic heterocycles. The zero-order chi connectivity index (χ0) is 18.6. The van der Waals surface area contributed by atoms with Crippen molar-refractivity contribution in [1.29, 1.82) is 0 Å². The number of hydrogen-bond donors (Lipinski definition) is 2. The van der Waals surface area contributed by atoms with Crippen molar-refractivity contribution in [2.75, 3.05) is 5.32 Å². The van der Waals surface area contributed by atoms with Crippen molar-refractivity contribution in [1.82, 2.24) is 5.32 Å². The molecule has 0 bridgehead atoms. The van der Waals surface area contributed by atoms with E-state index in [1.54, 1.807) is 13.8 Å². The lowest BCUT2D eigenvalue weighted by molar-refractivity contribution is -0.118. The van der Waals surface area contributed by atoms with Crippen LogP contribution < -0.4 is 10.6 Å². The van der Waals surface area contributed by atoms with Gasteiger partial charge in [-0.05, 0) is 36.2 Å². The van der Waals surface area contributed by atoms with E-state index in [9.17, 15) is 22.8 Å². The molecule has 0 aliphatic carbocycles. The summed E-state index contributed by atoms with van der Waals surface area (Å²) in [6, 6.07) is 7.23. The minimum atomic E-state index is -1.06. The van der Waals surface area contributed by atoms with Gasteiger partial charge in [-0.2, -0.15) is 0 Å². The summed E-state index contributed by atoms with van der Waals surface area (Å²) in [6.07, 6.45) is 0. The van der Waals surface area contributed by atoms with Gasteiger partial charge in [0.2, 0.25) is 5.91 Å². The van der Waals surface area contributed by atoms with Crippen LogP contribution in [0.1, 0.15) is 24.2 Å². The number of halogens is 3. The summed E-state index contributed by atoms with van der Waals surface area (Å²) in [5.41, 5.74) is -0.548. The van der Waals surface area contributed by atoms with Gasteiger partial charge in [0.25, 0.3) is 5.91 Å². The van der Waals surface area contributed by atoms with Gasteiger partial charge in [0.1, 0.15) is 29.1 Å². The van der Waals surface area contributed by atoms with Crippen LogP contribution >= 0.6 is 0 Å². The molecule has 2 aromatic carbocycles. The second-order valence-electron chi connectivity index (χ2n) is 5.79. The highest BCUT2D eigenvalue weighted by atomic mass is 19.1. The van der Waals surface area contributed by atoms with Crippen LogP contribution in [0.15, 0.2) is 42.5 Å². The number of nitrogens with one attached hydrogen (secondary N) is 2. The van der Waals surface area contributed by atoms with Crippen molar-refractivity contribution < 1.29 is 22.8 Å². The minimum absolute atomic E-state index is 0.210. The molecule has 2 amide bonds. The molecule has 0 radical (unpaired) electrons. The van der Waals surface area contributed by atoms with Crippen molar-refractivity contribution in [3.05, 3.63) is 65.5 Å². The molecule has 2 rings (SSSR count). The first kappa shape index (κ1) is 18.5. The molecular weight excluding hydrogens is 333 g/mol. The first-order valence-corrected chi connectivity index (χ1v) is 7.61. The van der Waals surface area contributed by atoms with Gasteiger partial charge in [0.15, 0.2) is 0 Å². The highest BCUT2D eigenvalue weighted by Crippen LogP contribution is 2.15. The van der Waals surface area contributed by atoms with E-state index >= 15 is 0 Å². The number of anilines is 1. The maximum Gasteiger partial charge on any atom is 0.257 e. The monoisotopic (exact) mass is 350 g/mol. The van der Waals surface area contributed by atoms with E-state index in [1.807, 2.05) is 0 Å². The average molecular weight is 350 g/mol. The van der Waals surface area contributed by atoms with Gasteiger partial charge in [0, 0.05) is 5.69 Å². The number of amides is 2. The molecule has 1 unspecified atom stereocenters. The summed E-state index contributed by atoms with van der Waals surface area (Å²) >= 11 is 0. The highest BCUT2D eigenvalue weighted by molar-refractivity contribution is 6.01. The molecule has 2 aromatic rings. The van der Waals surface area contributed by atoms with Gasteiger partial charge >= 0.3 is 0 Å². The van der Waals surface area contributed by atoms with Gasteiger partial charge < -0.3 is 10.6 Å². The molecule has 0 saturated heterocycles. The molecule has 1 atom stereocenters. The largest absolute Gasteiger partial charge is 0.340 e. The van der Waals surface area contributed by atoms with E-state index in [-0.39, 0.29) is 11.6 Å². The lowest BCUT2D eigenvalue weighted by atomic mass is 10.0. The highest BCUT2D eigenvalue weighted by Gasteiger charge is 2.27. The van der Waals surface area contributed by atoms with E-state index < -0.39 is 40.9 Å². The van der Waals surface area contributed by atoms with E-state index in [2.05, 4.69) is 10.6 Å². The standard InChI is InChI=1S/C18H17F3N2O2/c1-10(2)16(18(25)22-12-6-3-5-11(19)9-12)23-17(24)15-13(20)7-4-8-14(15)21/h3-10,16H,1-2H3,(H,22,25)(H,23,24). The van der Waals surface area contributed by atoms with Crippen LogP contribution in [-0.4, -0.2) is 17.9 Å². The van der Waals surface area contributed by atoms with Crippen molar-refractivity contribution in [2.24, 2.45) is 5.92 Å². The zero-order valence-corrected chi connectivity index (χ0v) is 13.6. The molecule has 0 aliphatic rings. The van der Waals surface area contributed by atoms with Crippen LogP contribution in [-0.2, 0) is 4.79 Å². The third kappa shape index (κ3) is 4.59. The predicted octanol–water partition coefficient (Wildman–Crippen LogP) is 3.50. The number of carbonyl (C=O) groups is 2. The second kappa shape index (κ2) is 7.83. The summed E-state index contributed by atoms with van der Waals surface area (Å²) in [6.45, 7) is 3.32. The Hall–Kier alpha value is -2.83. The van der Waals surface area contributed by atoms with E-state index in [1.165, 1.54) is 18.2 Å². The molecule has 0 fully saturated rings. The fourth-order valence-electron chi connectivity index (χ4n) is 2.25. The Kier molecular flexibility index (Phi) is 5.80. The quantitative estimate of drug-likeness (QED) is 0.867. The molecule has 0 spiro atoms. The number of hydrogen-bond acceptors (Lipinski definition) is 2. The van der Waals surface area contributed by atoms with Crippen LogP contribution in [0.3, 0.4) is 0 Å². The van der Waals surface area contributed by atoms with Gasteiger partial charge in [-0.1, -0.05) is 26.0 Å². The molecular formula is C18H17F3N2O2. The summed E-state index contributed by atoms with van der Waals surface area (Å²) < 4.78 is 40.6. The first-order chi connectivity index (χ1) is 11.8. The fraction of sp³-hybridized carbons (Fsp3) is 0.222. The maximum absolute atomic E-state index is 13.7. The van der Waals surface area contributed by atoms with Gasteiger partial charge in [0.05, 0.1) is 0 Å². The second-order valence-corrected chi connectivity index (χ2v) is 5.79. The van der Waals surface area contributed by atoms with Crippen molar-refractivity contribution in [3.63, 3.8) is 0 Å². The number of benzene rings is 2. The van der Waals surface area contributed by atoms with E-state index in [0.29, 0.717) is 0 Å².